The molecule has 0 bridgehead atoms. The zero-order valence-electron chi connectivity index (χ0n) is 19.3. The Labute approximate surface area is 201 Å². The highest BCUT2D eigenvalue weighted by Crippen LogP contribution is 2.26. The van der Waals surface area contributed by atoms with Crippen molar-refractivity contribution in [3.05, 3.63) is 53.2 Å². The monoisotopic (exact) mass is 491 g/mol. The lowest BCUT2D eigenvalue weighted by Crippen LogP contribution is -2.48. The van der Waals surface area contributed by atoms with Crippen LogP contribution in [0.25, 0.3) is 5.52 Å². The lowest BCUT2D eigenvalue weighted by atomic mass is 10.2. The molecule has 3 aromatic rings. The van der Waals surface area contributed by atoms with E-state index >= 15 is 0 Å². The predicted octanol–water partition coefficient (Wildman–Crippen LogP) is 4.42. The van der Waals surface area contributed by atoms with Crippen molar-refractivity contribution in [1.82, 2.24) is 19.5 Å². The highest BCUT2D eigenvalue weighted by molar-refractivity contribution is 6.31. The molecule has 1 aliphatic heterocycles. The maximum atomic E-state index is 13.5. The second kappa shape index (κ2) is 10.1. The number of anilines is 2. The largest absolute Gasteiger partial charge is 0.444 e. The van der Waals surface area contributed by atoms with Crippen LogP contribution >= 0.6 is 11.6 Å². The van der Waals surface area contributed by atoms with Gasteiger partial charge in [0.05, 0.1) is 37.5 Å². The van der Waals surface area contributed by atoms with Crippen molar-refractivity contribution in [2.75, 3.05) is 31.6 Å². The van der Waals surface area contributed by atoms with E-state index in [0.29, 0.717) is 37.8 Å². The summed E-state index contributed by atoms with van der Waals surface area (Å²) in [6.07, 6.45) is 2.62. The Kier molecular flexibility index (Phi) is 7.20. The second-order valence-electron chi connectivity index (χ2n) is 8.93. The summed E-state index contributed by atoms with van der Waals surface area (Å²) < 4.78 is 32.3. The summed E-state index contributed by atoms with van der Waals surface area (Å²) in [6.45, 7) is 7.41. The average molecular weight is 492 g/mol. The minimum Gasteiger partial charge on any atom is -0.444 e. The number of halogens is 2. The van der Waals surface area contributed by atoms with E-state index in [1.54, 1.807) is 21.7 Å². The van der Waals surface area contributed by atoms with Gasteiger partial charge in [0.2, 0.25) is 0 Å². The Bertz CT molecular complexity index is 1170. The minimum absolute atomic E-state index is 0.0157. The molecule has 1 amide bonds. The van der Waals surface area contributed by atoms with E-state index < -0.39 is 11.4 Å². The molecule has 1 unspecified atom stereocenters. The van der Waals surface area contributed by atoms with Gasteiger partial charge in [-0.1, -0.05) is 11.6 Å². The molecule has 1 N–H and O–H groups in total. The molecule has 1 aliphatic rings. The minimum atomic E-state index is -0.551. The number of amides is 1. The number of ether oxygens (including phenoxy) is 3. The molecule has 1 fully saturated rings. The zero-order valence-corrected chi connectivity index (χ0v) is 20.0. The summed E-state index contributed by atoms with van der Waals surface area (Å²) in [4.78, 5) is 18.3. The van der Waals surface area contributed by atoms with E-state index in [1.165, 1.54) is 18.5 Å². The first-order chi connectivity index (χ1) is 16.2. The second-order valence-corrected chi connectivity index (χ2v) is 9.34. The van der Waals surface area contributed by atoms with Crippen LogP contribution in [0.4, 0.5) is 20.7 Å². The molecule has 9 nitrogen and oxygen atoms in total. The summed E-state index contributed by atoms with van der Waals surface area (Å²) in [7, 11) is 0. The fourth-order valence-electron chi connectivity index (χ4n) is 3.55. The molecule has 1 atom stereocenters. The van der Waals surface area contributed by atoms with Crippen LogP contribution in [0.15, 0.2) is 36.8 Å². The van der Waals surface area contributed by atoms with Crippen molar-refractivity contribution in [3.8, 4) is 0 Å². The molecule has 0 radical (unpaired) electrons. The number of aromatic nitrogens is 3. The summed E-state index contributed by atoms with van der Waals surface area (Å²) in [5.41, 5.74) is 1.63. The van der Waals surface area contributed by atoms with Gasteiger partial charge in [0, 0.05) is 24.0 Å². The Hall–Kier alpha value is -2.95. The molecule has 0 aliphatic carbocycles. The number of benzene rings is 1. The Morgan fingerprint density at radius 3 is 2.94 bits per heavy atom. The number of hydrogen-bond donors (Lipinski definition) is 1. The number of carbonyl (C=O) groups is 1. The maximum absolute atomic E-state index is 13.5. The lowest BCUT2D eigenvalue weighted by molar-refractivity contribution is -0.0749. The van der Waals surface area contributed by atoms with Crippen molar-refractivity contribution >= 4 is 34.7 Å². The van der Waals surface area contributed by atoms with Gasteiger partial charge in [0.15, 0.2) is 5.82 Å². The standard InChI is InChI=1S/C23H27ClFN5O4/c1-23(2,3)34-22(31)29-8-9-33-17(11-29)13-32-12-15-6-7-30-20(15)21(26-14-27-30)28-16-4-5-19(25)18(24)10-16/h4-7,10,14,17H,8-9,11-13H2,1-3H3,(H,26,27,28). The molecule has 11 heteroatoms. The molecule has 1 aromatic carbocycles. The third kappa shape index (κ3) is 5.94. The fraction of sp³-hybridized carbons (Fsp3) is 0.435. The smallest absolute Gasteiger partial charge is 0.410 e. The molecule has 34 heavy (non-hydrogen) atoms. The van der Waals surface area contributed by atoms with E-state index in [0.717, 1.165) is 11.1 Å². The first kappa shape index (κ1) is 24.2. The topological polar surface area (TPSA) is 90.2 Å². The van der Waals surface area contributed by atoms with Gasteiger partial charge >= 0.3 is 6.09 Å². The quantitative estimate of drug-likeness (QED) is 0.546. The van der Waals surface area contributed by atoms with Gasteiger partial charge in [-0.05, 0) is 45.0 Å². The van der Waals surface area contributed by atoms with Gasteiger partial charge in [-0.15, -0.1) is 0 Å². The van der Waals surface area contributed by atoms with E-state index in [-0.39, 0.29) is 23.8 Å². The third-order valence-electron chi connectivity index (χ3n) is 5.07. The Morgan fingerprint density at radius 1 is 1.35 bits per heavy atom. The van der Waals surface area contributed by atoms with Gasteiger partial charge in [0.1, 0.15) is 23.3 Å². The highest BCUT2D eigenvalue weighted by atomic mass is 35.5. The van der Waals surface area contributed by atoms with E-state index in [1.807, 2.05) is 26.8 Å². The van der Waals surface area contributed by atoms with Crippen LogP contribution in [0.2, 0.25) is 5.02 Å². The van der Waals surface area contributed by atoms with Crippen molar-refractivity contribution in [1.29, 1.82) is 0 Å². The van der Waals surface area contributed by atoms with Gasteiger partial charge in [-0.3, -0.25) is 0 Å². The molecule has 0 saturated carbocycles. The SMILES string of the molecule is CC(C)(C)OC(=O)N1CCOC(COCc2ccn3ncnc(Nc4ccc(F)c(Cl)c4)c23)C1. The van der Waals surface area contributed by atoms with Crippen molar-refractivity contribution in [2.24, 2.45) is 0 Å². The summed E-state index contributed by atoms with van der Waals surface area (Å²) in [6, 6.07) is 6.25. The Morgan fingerprint density at radius 2 is 2.18 bits per heavy atom. The average Bonchev–Trinajstić information content (AvgIpc) is 3.19. The van der Waals surface area contributed by atoms with Crippen LogP contribution in [0, 0.1) is 5.82 Å². The number of fused-ring (bicyclic) bond motifs is 1. The molecule has 182 valence electrons. The fourth-order valence-corrected chi connectivity index (χ4v) is 3.73. The van der Waals surface area contributed by atoms with Crippen molar-refractivity contribution in [3.63, 3.8) is 0 Å². The first-order valence-corrected chi connectivity index (χ1v) is 11.3. The maximum Gasteiger partial charge on any atom is 0.410 e. The molecule has 2 aromatic heterocycles. The van der Waals surface area contributed by atoms with Gasteiger partial charge < -0.3 is 24.4 Å². The third-order valence-corrected chi connectivity index (χ3v) is 5.36. The molecule has 4 rings (SSSR count). The lowest BCUT2D eigenvalue weighted by Gasteiger charge is -2.34. The van der Waals surface area contributed by atoms with E-state index in [9.17, 15) is 9.18 Å². The highest BCUT2D eigenvalue weighted by Gasteiger charge is 2.28. The van der Waals surface area contributed by atoms with Crippen LogP contribution in [0.5, 0.6) is 0 Å². The number of morpholine rings is 1. The van der Waals surface area contributed by atoms with Crippen LogP contribution in [0.3, 0.4) is 0 Å². The van der Waals surface area contributed by atoms with Crippen molar-refractivity contribution < 1.29 is 23.4 Å². The number of carbonyl (C=O) groups excluding carboxylic acids is 1. The Balaban J connectivity index is 1.39. The number of nitrogens with zero attached hydrogens (tertiary/aromatic N) is 4. The van der Waals surface area contributed by atoms with Crippen LogP contribution in [-0.2, 0) is 20.8 Å². The van der Waals surface area contributed by atoms with E-state index in [4.69, 9.17) is 25.8 Å². The van der Waals surface area contributed by atoms with Gasteiger partial charge in [0.25, 0.3) is 0 Å². The predicted molar refractivity (Wildman–Crippen MR) is 125 cm³/mol. The number of rotatable bonds is 6. The van der Waals surface area contributed by atoms with Gasteiger partial charge in [-0.25, -0.2) is 18.7 Å². The number of nitrogens with one attached hydrogen (secondary N) is 1. The summed E-state index contributed by atoms with van der Waals surface area (Å²) >= 11 is 5.89. The summed E-state index contributed by atoms with van der Waals surface area (Å²) in [5, 5.41) is 7.41. The molecule has 1 saturated heterocycles. The molecular weight excluding hydrogens is 465 g/mol. The molecule has 0 spiro atoms. The van der Waals surface area contributed by atoms with Crippen LogP contribution < -0.4 is 5.32 Å². The van der Waals surface area contributed by atoms with Crippen molar-refractivity contribution in [2.45, 2.75) is 39.1 Å². The first-order valence-electron chi connectivity index (χ1n) is 10.9. The van der Waals surface area contributed by atoms with Crippen LogP contribution in [-0.4, -0.2) is 63.6 Å². The zero-order chi connectivity index (χ0) is 24.3. The van der Waals surface area contributed by atoms with Crippen LogP contribution in [0.1, 0.15) is 26.3 Å². The molecular formula is C23H27ClFN5O4. The number of hydrogen-bond acceptors (Lipinski definition) is 7. The van der Waals surface area contributed by atoms with Gasteiger partial charge in [-0.2, -0.15) is 5.10 Å². The van der Waals surface area contributed by atoms with E-state index in [2.05, 4.69) is 15.4 Å². The normalized spacial score (nSPS) is 16.6. The summed E-state index contributed by atoms with van der Waals surface area (Å²) in [5.74, 6) is 0.0401. The molecule has 3 heterocycles.